The molecule has 0 aliphatic carbocycles. The van der Waals surface area contributed by atoms with Gasteiger partial charge in [0.15, 0.2) is 16.6 Å². The van der Waals surface area contributed by atoms with Crippen LogP contribution in [-0.2, 0) is 4.79 Å². The normalized spacial score (nSPS) is 15.0. The molecule has 3 rings (SSSR count). The monoisotopic (exact) mass is 394 g/mol. The second-order valence-corrected chi connectivity index (χ2v) is 6.79. The van der Waals surface area contributed by atoms with Crippen LogP contribution in [-0.4, -0.2) is 24.7 Å². The summed E-state index contributed by atoms with van der Waals surface area (Å²) in [5, 5.41) is 3.36. The van der Waals surface area contributed by atoms with E-state index in [0.29, 0.717) is 28.9 Å². The van der Waals surface area contributed by atoms with E-state index < -0.39 is 0 Å². The van der Waals surface area contributed by atoms with Gasteiger partial charge in [-0.1, -0.05) is 24.8 Å². The molecular weight excluding hydrogens is 372 g/mol. The lowest BCUT2D eigenvalue weighted by molar-refractivity contribution is -0.113. The first-order valence-corrected chi connectivity index (χ1v) is 9.21. The summed E-state index contributed by atoms with van der Waals surface area (Å²) < 4.78 is 10.9. The minimum Gasteiger partial charge on any atom is -0.493 e. The lowest BCUT2D eigenvalue weighted by atomic mass is 10.1. The van der Waals surface area contributed by atoms with Gasteiger partial charge in [-0.05, 0) is 73.1 Å². The number of nitrogens with one attached hydrogen (secondary N) is 1. The fourth-order valence-electron chi connectivity index (χ4n) is 2.84. The van der Waals surface area contributed by atoms with Crippen LogP contribution in [0.4, 0.5) is 5.69 Å². The molecule has 1 aliphatic rings. The van der Waals surface area contributed by atoms with Gasteiger partial charge < -0.3 is 14.8 Å². The van der Waals surface area contributed by atoms with E-state index in [9.17, 15) is 4.79 Å². The summed E-state index contributed by atoms with van der Waals surface area (Å²) in [4.78, 5) is 14.4. The lowest BCUT2D eigenvalue weighted by Gasteiger charge is -2.15. The highest BCUT2D eigenvalue weighted by atomic mass is 32.1. The number of carbonyl (C=O) groups is 1. The van der Waals surface area contributed by atoms with Crippen LogP contribution in [0.25, 0.3) is 6.08 Å². The maximum atomic E-state index is 12.9. The van der Waals surface area contributed by atoms with Crippen molar-refractivity contribution >= 4 is 35.0 Å². The molecule has 1 saturated heterocycles. The highest BCUT2D eigenvalue weighted by molar-refractivity contribution is 7.80. The Labute approximate surface area is 170 Å². The largest absolute Gasteiger partial charge is 0.493 e. The van der Waals surface area contributed by atoms with E-state index in [1.807, 2.05) is 44.2 Å². The first kappa shape index (κ1) is 19.6. The maximum absolute atomic E-state index is 12.9. The Hall–Kier alpha value is -3.12. The van der Waals surface area contributed by atoms with Gasteiger partial charge >= 0.3 is 0 Å². The zero-order chi connectivity index (χ0) is 20.3. The Morgan fingerprint density at radius 1 is 1.14 bits per heavy atom. The second-order valence-electron chi connectivity index (χ2n) is 6.41. The van der Waals surface area contributed by atoms with Crippen molar-refractivity contribution in [2.75, 3.05) is 18.6 Å². The molecule has 1 fully saturated rings. The molecule has 28 heavy (non-hydrogen) atoms. The number of hydrogen-bond donors (Lipinski definition) is 1. The average Bonchev–Trinajstić information content (AvgIpc) is 2.96. The fourth-order valence-corrected chi connectivity index (χ4v) is 3.14. The zero-order valence-corrected chi connectivity index (χ0v) is 16.9. The molecule has 0 radical (unpaired) electrons. The van der Waals surface area contributed by atoms with E-state index in [-0.39, 0.29) is 5.91 Å². The lowest BCUT2D eigenvalue weighted by Crippen LogP contribution is -2.30. The smallest absolute Gasteiger partial charge is 0.281 e. The summed E-state index contributed by atoms with van der Waals surface area (Å²) in [5.74, 6) is 0.997. The number of nitrogens with zero attached hydrogens (tertiary/aromatic N) is 1. The molecule has 1 amide bonds. The molecule has 2 aromatic rings. The number of benzene rings is 2. The first-order valence-electron chi connectivity index (χ1n) is 8.80. The van der Waals surface area contributed by atoms with Crippen molar-refractivity contribution in [3.8, 4) is 11.5 Å². The van der Waals surface area contributed by atoms with Gasteiger partial charge in [-0.25, -0.2) is 0 Å². The van der Waals surface area contributed by atoms with Gasteiger partial charge in [0, 0.05) is 0 Å². The highest BCUT2D eigenvalue weighted by Crippen LogP contribution is 2.30. The van der Waals surface area contributed by atoms with Crippen LogP contribution in [0.1, 0.15) is 16.7 Å². The van der Waals surface area contributed by atoms with Gasteiger partial charge in [-0.2, -0.15) is 0 Å². The standard InChI is InChI=1S/C22H22N2O3S/c1-5-10-27-19-9-7-16(13-20(19)26-4)12-18-21(25)24(22(28)23-18)17-8-6-14(2)15(3)11-17/h5-9,11-13H,1,10H2,2-4H3,(H,23,28)/b18-12-. The van der Waals surface area contributed by atoms with Gasteiger partial charge in [-0.3, -0.25) is 9.69 Å². The summed E-state index contributed by atoms with van der Waals surface area (Å²) in [7, 11) is 1.57. The number of thiocarbonyl (C=S) groups is 1. The molecular formula is C22H22N2O3S. The predicted molar refractivity (Wildman–Crippen MR) is 116 cm³/mol. The Morgan fingerprint density at radius 2 is 1.93 bits per heavy atom. The van der Waals surface area contributed by atoms with E-state index >= 15 is 0 Å². The van der Waals surface area contributed by atoms with Crippen molar-refractivity contribution in [3.05, 3.63) is 71.4 Å². The molecule has 144 valence electrons. The zero-order valence-electron chi connectivity index (χ0n) is 16.1. The molecule has 1 N–H and O–H groups in total. The van der Waals surface area contributed by atoms with Crippen molar-refractivity contribution in [2.24, 2.45) is 0 Å². The molecule has 6 heteroatoms. The molecule has 0 bridgehead atoms. The molecule has 2 aromatic carbocycles. The number of anilines is 1. The molecule has 0 atom stereocenters. The van der Waals surface area contributed by atoms with Crippen LogP contribution in [0.5, 0.6) is 11.5 Å². The first-order chi connectivity index (χ1) is 13.4. The van der Waals surface area contributed by atoms with E-state index in [4.69, 9.17) is 21.7 Å². The van der Waals surface area contributed by atoms with Crippen molar-refractivity contribution in [1.82, 2.24) is 5.32 Å². The number of amides is 1. The number of methoxy groups -OCH3 is 1. The van der Waals surface area contributed by atoms with Crippen molar-refractivity contribution in [1.29, 1.82) is 0 Å². The van der Waals surface area contributed by atoms with E-state index in [1.165, 1.54) is 4.90 Å². The maximum Gasteiger partial charge on any atom is 0.281 e. The van der Waals surface area contributed by atoms with Crippen molar-refractivity contribution < 1.29 is 14.3 Å². The van der Waals surface area contributed by atoms with E-state index in [1.54, 1.807) is 25.3 Å². The molecule has 1 heterocycles. The number of aryl methyl sites for hydroxylation is 2. The van der Waals surface area contributed by atoms with Crippen LogP contribution >= 0.6 is 12.2 Å². The van der Waals surface area contributed by atoms with Gasteiger partial charge in [0.25, 0.3) is 5.91 Å². The number of rotatable bonds is 6. The summed E-state index contributed by atoms with van der Waals surface area (Å²) in [6.07, 6.45) is 3.41. The van der Waals surface area contributed by atoms with Crippen molar-refractivity contribution in [3.63, 3.8) is 0 Å². The van der Waals surface area contributed by atoms with Crippen LogP contribution in [0, 0.1) is 13.8 Å². The molecule has 1 aliphatic heterocycles. The second kappa shape index (κ2) is 8.27. The summed E-state index contributed by atoms with van der Waals surface area (Å²) in [6, 6.07) is 11.3. The Kier molecular flexibility index (Phi) is 5.80. The van der Waals surface area contributed by atoms with E-state index in [2.05, 4.69) is 11.9 Å². The van der Waals surface area contributed by atoms with Gasteiger partial charge in [0.2, 0.25) is 0 Å². The third-order valence-electron chi connectivity index (χ3n) is 4.48. The van der Waals surface area contributed by atoms with Gasteiger partial charge in [-0.15, -0.1) is 0 Å². The fraction of sp³-hybridized carbons (Fsp3) is 0.182. The molecule has 0 unspecified atom stereocenters. The summed E-state index contributed by atoms with van der Waals surface area (Å²) in [5.41, 5.74) is 4.22. The molecule has 0 spiro atoms. The Morgan fingerprint density at radius 3 is 2.61 bits per heavy atom. The third kappa shape index (κ3) is 3.92. The van der Waals surface area contributed by atoms with Crippen molar-refractivity contribution in [2.45, 2.75) is 13.8 Å². The van der Waals surface area contributed by atoms with Crippen LogP contribution in [0.3, 0.4) is 0 Å². The van der Waals surface area contributed by atoms with Crippen LogP contribution in [0.2, 0.25) is 0 Å². The quantitative estimate of drug-likeness (QED) is 0.453. The van der Waals surface area contributed by atoms with Crippen LogP contribution in [0.15, 0.2) is 54.8 Å². The van der Waals surface area contributed by atoms with Gasteiger partial charge in [0.05, 0.1) is 12.8 Å². The summed E-state index contributed by atoms with van der Waals surface area (Å²) >= 11 is 5.39. The SMILES string of the molecule is C=CCOc1ccc(/C=C2\NC(=S)N(c3ccc(C)c(C)c3)C2=O)cc1OC. The summed E-state index contributed by atoms with van der Waals surface area (Å²) in [6.45, 7) is 8.06. The number of carbonyl (C=O) groups excluding carboxylic acids is 1. The number of hydrogen-bond acceptors (Lipinski definition) is 4. The minimum atomic E-state index is -0.195. The third-order valence-corrected chi connectivity index (χ3v) is 4.77. The highest BCUT2D eigenvalue weighted by Gasteiger charge is 2.32. The van der Waals surface area contributed by atoms with Crippen LogP contribution < -0.4 is 19.7 Å². The molecule has 0 saturated carbocycles. The molecule has 0 aromatic heterocycles. The topological polar surface area (TPSA) is 50.8 Å². The minimum absolute atomic E-state index is 0.195. The predicted octanol–water partition coefficient (Wildman–Crippen LogP) is 4.14. The van der Waals surface area contributed by atoms with E-state index in [0.717, 1.165) is 22.4 Å². The Bertz CT molecular complexity index is 982. The molecule has 5 nitrogen and oxygen atoms in total. The van der Waals surface area contributed by atoms with Gasteiger partial charge in [0.1, 0.15) is 12.3 Å². The number of ether oxygens (including phenoxy) is 2. The Balaban J connectivity index is 1.89. The average molecular weight is 394 g/mol.